The molecule has 2 aromatic rings. The highest BCUT2D eigenvalue weighted by atomic mass is 79.9. The number of aromatic nitrogens is 2. The molecule has 0 radical (unpaired) electrons. The summed E-state index contributed by atoms with van der Waals surface area (Å²) in [7, 11) is 1.97. The van der Waals surface area contributed by atoms with E-state index in [1.54, 1.807) is 0 Å². The van der Waals surface area contributed by atoms with Crippen LogP contribution in [0.15, 0.2) is 28.7 Å². The van der Waals surface area contributed by atoms with Crippen molar-refractivity contribution in [2.24, 2.45) is 7.05 Å². The van der Waals surface area contributed by atoms with Crippen LogP contribution in [0, 0.1) is 5.82 Å². The minimum atomic E-state index is -0.234. The van der Waals surface area contributed by atoms with Gasteiger partial charge in [-0.1, -0.05) is 19.9 Å². The summed E-state index contributed by atoms with van der Waals surface area (Å²) >= 11 is 3.26. The Morgan fingerprint density at radius 1 is 1.33 bits per heavy atom. The Balaban J connectivity index is 2.25. The standard InChI is InChI=1S/C16H21BrFN3/c1-4-12-9-13(21(3)20-12)10-16(19-5-2)11-6-7-15(18)14(17)8-11/h6-9,16,19H,4-5,10H2,1-3H3. The van der Waals surface area contributed by atoms with Crippen LogP contribution >= 0.6 is 15.9 Å². The predicted molar refractivity (Wildman–Crippen MR) is 86.8 cm³/mol. The molecular formula is C16H21BrFN3. The minimum absolute atomic E-state index is 0.145. The maximum Gasteiger partial charge on any atom is 0.137 e. The molecule has 0 saturated heterocycles. The second-order valence-corrected chi connectivity index (χ2v) is 5.95. The van der Waals surface area contributed by atoms with Gasteiger partial charge >= 0.3 is 0 Å². The summed E-state index contributed by atoms with van der Waals surface area (Å²) in [5, 5.41) is 7.95. The topological polar surface area (TPSA) is 29.9 Å². The van der Waals surface area contributed by atoms with E-state index in [2.05, 4.69) is 46.3 Å². The Kier molecular flexibility index (Phi) is 5.53. The molecule has 0 bridgehead atoms. The van der Waals surface area contributed by atoms with Gasteiger partial charge in [0.15, 0.2) is 0 Å². The number of aryl methyl sites for hydroxylation is 2. The summed E-state index contributed by atoms with van der Waals surface area (Å²) in [5.74, 6) is -0.234. The van der Waals surface area contributed by atoms with Crippen LogP contribution in [0.5, 0.6) is 0 Å². The largest absolute Gasteiger partial charge is 0.310 e. The lowest BCUT2D eigenvalue weighted by atomic mass is 10.0. The van der Waals surface area contributed by atoms with E-state index in [4.69, 9.17) is 0 Å². The number of nitrogens with one attached hydrogen (secondary N) is 1. The van der Waals surface area contributed by atoms with Gasteiger partial charge < -0.3 is 5.32 Å². The van der Waals surface area contributed by atoms with E-state index in [9.17, 15) is 4.39 Å². The molecular weight excluding hydrogens is 333 g/mol. The van der Waals surface area contributed by atoms with Crippen LogP contribution in [0.2, 0.25) is 0 Å². The van der Waals surface area contributed by atoms with Gasteiger partial charge in [0.1, 0.15) is 5.82 Å². The first-order valence-corrected chi connectivity index (χ1v) is 8.04. The van der Waals surface area contributed by atoms with Crippen molar-refractivity contribution in [3.05, 3.63) is 51.5 Å². The second kappa shape index (κ2) is 7.18. The summed E-state index contributed by atoms with van der Waals surface area (Å²) < 4.78 is 15.8. The zero-order valence-corrected chi connectivity index (χ0v) is 14.2. The van der Waals surface area contributed by atoms with Gasteiger partial charge in [-0.15, -0.1) is 0 Å². The van der Waals surface area contributed by atoms with Crippen LogP contribution < -0.4 is 5.32 Å². The smallest absolute Gasteiger partial charge is 0.137 e. The van der Waals surface area contributed by atoms with Gasteiger partial charge in [-0.25, -0.2) is 4.39 Å². The van der Waals surface area contributed by atoms with E-state index in [0.29, 0.717) is 4.47 Å². The number of likely N-dealkylation sites (N-methyl/N-ethyl adjacent to an activating group) is 1. The molecule has 3 nitrogen and oxygen atoms in total. The first-order chi connectivity index (χ1) is 10.0. The average Bonchev–Trinajstić information content (AvgIpc) is 2.82. The van der Waals surface area contributed by atoms with Crippen molar-refractivity contribution in [3.63, 3.8) is 0 Å². The molecule has 0 fully saturated rings. The van der Waals surface area contributed by atoms with Gasteiger partial charge in [0, 0.05) is 25.2 Å². The molecule has 5 heteroatoms. The lowest BCUT2D eigenvalue weighted by molar-refractivity contribution is 0.526. The molecule has 1 aromatic carbocycles. The molecule has 0 aliphatic rings. The van der Waals surface area contributed by atoms with E-state index < -0.39 is 0 Å². The Morgan fingerprint density at radius 3 is 2.67 bits per heavy atom. The van der Waals surface area contributed by atoms with E-state index in [1.807, 2.05) is 23.9 Å². The summed E-state index contributed by atoms with van der Waals surface area (Å²) in [6.45, 7) is 5.04. The molecule has 114 valence electrons. The van der Waals surface area contributed by atoms with Crippen LogP contribution in [0.4, 0.5) is 4.39 Å². The fraction of sp³-hybridized carbons (Fsp3) is 0.438. The molecule has 1 atom stereocenters. The average molecular weight is 354 g/mol. The van der Waals surface area contributed by atoms with Gasteiger partial charge in [-0.05, 0) is 52.7 Å². The molecule has 1 heterocycles. The Morgan fingerprint density at radius 2 is 2.10 bits per heavy atom. The molecule has 1 N–H and O–H groups in total. The van der Waals surface area contributed by atoms with Crippen molar-refractivity contribution in [3.8, 4) is 0 Å². The zero-order chi connectivity index (χ0) is 15.4. The normalized spacial score (nSPS) is 12.6. The monoisotopic (exact) mass is 353 g/mol. The van der Waals surface area contributed by atoms with Gasteiger partial charge in [0.2, 0.25) is 0 Å². The molecule has 21 heavy (non-hydrogen) atoms. The molecule has 1 unspecified atom stereocenters. The summed E-state index contributed by atoms with van der Waals surface area (Å²) in [6, 6.07) is 7.48. The van der Waals surface area contributed by atoms with Gasteiger partial charge in [-0.3, -0.25) is 4.68 Å². The Labute approximate surface area is 133 Å². The Bertz CT molecular complexity index is 610. The molecule has 1 aromatic heterocycles. The van der Waals surface area contributed by atoms with Crippen molar-refractivity contribution in [2.75, 3.05) is 6.54 Å². The highest BCUT2D eigenvalue weighted by Crippen LogP contribution is 2.24. The van der Waals surface area contributed by atoms with Crippen LogP contribution in [-0.4, -0.2) is 16.3 Å². The third-order valence-corrected chi connectivity index (χ3v) is 4.21. The van der Waals surface area contributed by atoms with Gasteiger partial charge in [0.05, 0.1) is 10.2 Å². The maximum atomic E-state index is 13.4. The number of benzene rings is 1. The highest BCUT2D eigenvalue weighted by molar-refractivity contribution is 9.10. The van der Waals surface area contributed by atoms with Crippen molar-refractivity contribution >= 4 is 15.9 Å². The fourth-order valence-electron chi connectivity index (χ4n) is 2.43. The van der Waals surface area contributed by atoms with E-state index in [-0.39, 0.29) is 11.9 Å². The quantitative estimate of drug-likeness (QED) is 0.856. The summed E-state index contributed by atoms with van der Waals surface area (Å²) in [6.07, 6.45) is 1.76. The lowest BCUT2D eigenvalue weighted by Gasteiger charge is -2.19. The minimum Gasteiger partial charge on any atom is -0.310 e. The molecule has 0 spiro atoms. The fourth-order valence-corrected chi connectivity index (χ4v) is 2.82. The molecule has 2 rings (SSSR count). The van der Waals surface area contributed by atoms with E-state index in [0.717, 1.165) is 30.6 Å². The predicted octanol–water partition coefficient (Wildman–Crippen LogP) is 3.78. The number of rotatable bonds is 6. The third kappa shape index (κ3) is 3.92. The van der Waals surface area contributed by atoms with Crippen molar-refractivity contribution in [1.82, 2.24) is 15.1 Å². The van der Waals surface area contributed by atoms with Crippen molar-refractivity contribution in [2.45, 2.75) is 32.7 Å². The number of hydrogen-bond donors (Lipinski definition) is 1. The highest BCUT2D eigenvalue weighted by Gasteiger charge is 2.15. The summed E-state index contributed by atoms with van der Waals surface area (Å²) in [4.78, 5) is 0. The molecule has 0 aliphatic heterocycles. The van der Waals surface area contributed by atoms with Gasteiger partial charge in [0.25, 0.3) is 0 Å². The van der Waals surface area contributed by atoms with Crippen molar-refractivity contribution in [1.29, 1.82) is 0 Å². The van der Waals surface area contributed by atoms with Gasteiger partial charge in [-0.2, -0.15) is 5.10 Å². The number of hydrogen-bond acceptors (Lipinski definition) is 2. The lowest BCUT2D eigenvalue weighted by Crippen LogP contribution is -2.24. The van der Waals surface area contributed by atoms with Crippen LogP contribution in [0.25, 0.3) is 0 Å². The third-order valence-electron chi connectivity index (χ3n) is 3.60. The number of nitrogens with zero attached hydrogens (tertiary/aromatic N) is 2. The summed E-state index contributed by atoms with van der Waals surface area (Å²) in [5.41, 5.74) is 3.35. The van der Waals surface area contributed by atoms with Crippen LogP contribution in [0.1, 0.15) is 36.8 Å². The van der Waals surface area contributed by atoms with E-state index in [1.165, 1.54) is 11.8 Å². The molecule has 0 aliphatic carbocycles. The van der Waals surface area contributed by atoms with Crippen LogP contribution in [0.3, 0.4) is 0 Å². The van der Waals surface area contributed by atoms with Crippen molar-refractivity contribution < 1.29 is 4.39 Å². The SMILES string of the molecule is CCNC(Cc1cc(CC)nn1C)c1ccc(F)c(Br)c1. The molecule has 0 amide bonds. The zero-order valence-electron chi connectivity index (χ0n) is 12.7. The molecule has 0 saturated carbocycles. The first-order valence-electron chi connectivity index (χ1n) is 7.25. The second-order valence-electron chi connectivity index (χ2n) is 5.09. The first kappa shape index (κ1) is 16.2. The Hall–Kier alpha value is -1.20. The number of halogens is 2. The van der Waals surface area contributed by atoms with E-state index >= 15 is 0 Å². The maximum absolute atomic E-state index is 13.4. The van der Waals surface area contributed by atoms with Crippen LogP contribution in [-0.2, 0) is 19.9 Å².